The number of thiocarbonyl (C=S) groups is 1. The number of carbonyl (C=O) groups is 1. The fraction of sp³-hybridized carbons (Fsp3) is 0.0625. The van der Waals surface area contributed by atoms with Crippen LogP contribution in [-0.4, -0.2) is 21.8 Å². The Kier molecular flexibility index (Phi) is 5.46. The van der Waals surface area contributed by atoms with Crippen LogP contribution in [0.15, 0.2) is 58.2 Å². The number of rotatable bonds is 4. The summed E-state index contributed by atoms with van der Waals surface area (Å²) in [7, 11) is 0. The maximum Gasteiger partial charge on any atom is 0.257 e. The molecule has 2 aromatic carbocycles. The summed E-state index contributed by atoms with van der Waals surface area (Å²) in [5.74, 6) is -0.684. The summed E-state index contributed by atoms with van der Waals surface area (Å²) >= 11 is 6.15. The molecule has 1 heterocycles. The van der Waals surface area contributed by atoms with Crippen molar-refractivity contribution < 1.29 is 13.6 Å². The van der Waals surface area contributed by atoms with Crippen LogP contribution in [-0.2, 0) is 4.79 Å². The van der Waals surface area contributed by atoms with Gasteiger partial charge >= 0.3 is 0 Å². The van der Waals surface area contributed by atoms with E-state index < -0.39 is 5.82 Å². The lowest BCUT2D eigenvalue weighted by molar-refractivity contribution is -0.119. The molecule has 0 radical (unpaired) electrons. The summed E-state index contributed by atoms with van der Waals surface area (Å²) in [6.07, 6.45) is 0. The number of anilines is 1. The Morgan fingerprint density at radius 1 is 1.16 bits per heavy atom. The molecule has 3 rings (SSSR count). The lowest BCUT2D eigenvalue weighted by atomic mass is 10.3. The smallest absolute Gasteiger partial charge is 0.257 e. The summed E-state index contributed by atoms with van der Waals surface area (Å²) in [4.78, 5) is 16.1. The zero-order valence-electron chi connectivity index (χ0n) is 12.8. The van der Waals surface area contributed by atoms with Gasteiger partial charge in [-0.1, -0.05) is 36.0 Å². The summed E-state index contributed by atoms with van der Waals surface area (Å²) < 4.78 is 19.0. The van der Waals surface area contributed by atoms with E-state index in [0.717, 1.165) is 17.3 Å². The average molecular weight is 376 g/mol. The number of halogens is 1. The predicted octanol–water partition coefficient (Wildman–Crippen LogP) is 3.08. The number of oxazole rings is 1. The Labute approximate surface area is 152 Å². The first-order chi connectivity index (χ1) is 12.1. The van der Waals surface area contributed by atoms with Crippen molar-refractivity contribution in [3.8, 4) is 0 Å². The van der Waals surface area contributed by atoms with Crippen molar-refractivity contribution in [2.45, 2.75) is 5.22 Å². The summed E-state index contributed by atoms with van der Waals surface area (Å²) in [5, 5.41) is 3.13. The van der Waals surface area contributed by atoms with E-state index in [1.165, 1.54) is 12.1 Å². The average Bonchev–Trinajstić information content (AvgIpc) is 3.03. The van der Waals surface area contributed by atoms with Crippen molar-refractivity contribution in [1.29, 1.82) is 0 Å². The van der Waals surface area contributed by atoms with E-state index in [4.69, 9.17) is 16.6 Å². The molecule has 0 bridgehead atoms. The van der Waals surface area contributed by atoms with Crippen LogP contribution < -0.4 is 16.2 Å². The second-order valence-electron chi connectivity index (χ2n) is 4.84. The minimum atomic E-state index is -0.440. The molecule has 3 N–H and O–H groups in total. The van der Waals surface area contributed by atoms with Crippen LogP contribution >= 0.6 is 24.0 Å². The van der Waals surface area contributed by atoms with E-state index in [1.807, 2.05) is 18.2 Å². The van der Waals surface area contributed by atoms with Crippen molar-refractivity contribution in [1.82, 2.24) is 15.8 Å². The van der Waals surface area contributed by atoms with Crippen LogP contribution in [0.4, 0.5) is 10.1 Å². The molecule has 0 aliphatic rings. The molecule has 0 fully saturated rings. The number of benzene rings is 2. The van der Waals surface area contributed by atoms with E-state index in [0.29, 0.717) is 10.8 Å². The Morgan fingerprint density at radius 2 is 1.92 bits per heavy atom. The highest BCUT2D eigenvalue weighted by molar-refractivity contribution is 7.99. The van der Waals surface area contributed by atoms with E-state index in [1.54, 1.807) is 18.2 Å². The second kappa shape index (κ2) is 7.95. The number of hydrazine groups is 1. The Bertz CT molecular complexity index is 883. The van der Waals surface area contributed by atoms with Gasteiger partial charge in [0.2, 0.25) is 5.91 Å². The van der Waals surface area contributed by atoms with Crippen LogP contribution in [0.3, 0.4) is 0 Å². The first kappa shape index (κ1) is 17.2. The number of nitrogens with one attached hydrogen (secondary N) is 3. The molecule has 0 aliphatic heterocycles. The Hall–Kier alpha value is -2.65. The number of carbonyl (C=O) groups excluding carboxylic acids is 1. The number of amides is 1. The number of nitrogens with zero attached hydrogens (tertiary/aromatic N) is 1. The van der Waals surface area contributed by atoms with Crippen molar-refractivity contribution >= 4 is 51.8 Å². The van der Waals surface area contributed by atoms with Gasteiger partial charge in [0.1, 0.15) is 11.3 Å². The van der Waals surface area contributed by atoms with Crippen LogP contribution in [0.1, 0.15) is 0 Å². The minimum absolute atomic E-state index is 0.0744. The van der Waals surface area contributed by atoms with Gasteiger partial charge < -0.3 is 9.73 Å². The van der Waals surface area contributed by atoms with Gasteiger partial charge in [-0.25, -0.2) is 9.37 Å². The normalized spacial score (nSPS) is 10.4. The number of hydrogen-bond acceptors (Lipinski definition) is 5. The van der Waals surface area contributed by atoms with Gasteiger partial charge in [-0.2, -0.15) is 0 Å². The first-order valence-corrected chi connectivity index (χ1v) is 8.60. The van der Waals surface area contributed by atoms with Crippen molar-refractivity contribution in [2.24, 2.45) is 0 Å². The molecule has 25 heavy (non-hydrogen) atoms. The first-order valence-electron chi connectivity index (χ1n) is 7.20. The fourth-order valence-corrected chi connectivity index (χ4v) is 2.72. The maximum absolute atomic E-state index is 13.5. The third-order valence-corrected chi connectivity index (χ3v) is 4.07. The topological polar surface area (TPSA) is 79.2 Å². The van der Waals surface area contributed by atoms with E-state index in [2.05, 4.69) is 21.2 Å². The lowest BCUT2D eigenvalue weighted by Crippen LogP contribution is -2.44. The van der Waals surface area contributed by atoms with E-state index in [9.17, 15) is 9.18 Å². The van der Waals surface area contributed by atoms with Gasteiger partial charge in [-0.3, -0.25) is 15.6 Å². The second-order valence-corrected chi connectivity index (χ2v) is 6.18. The van der Waals surface area contributed by atoms with Gasteiger partial charge in [-0.05, 0) is 36.5 Å². The molecule has 0 aliphatic carbocycles. The van der Waals surface area contributed by atoms with Crippen molar-refractivity contribution in [3.05, 3.63) is 54.3 Å². The molecule has 128 valence electrons. The molecule has 0 atom stereocenters. The molecule has 0 spiro atoms. The standard InChI is InChI=1S/C16H13FN4O2S2/c17-10-5-1-2-6-11(10)18-15(24)21-20-14(22)9-25-16-19-12-7-3-4-8-13(12)23-16/h1-8H,9H2,(H,20,22)(H2,18,21,24). The highest BCUT2D eigenvalue weighted by Gasteiger charge is 2.09. The van der Waals surface area contributed by atoms with Gasteiger partial charge in [0.15, 0.2) is 10.7 Å². The molecule has 3 aromatic rings. The van der Waals surface area contributed by atoms with E-state index >= 15 is 0 Å². The van der Waals surface area contributed by atoms with Crippen molar-refractivity contribution in [2.75, 3.05) is 11.1 Å². The SMILES string of the molecule is O=C(CSc1nc2ccccc2o1)NNC(=S)Nc1ccccc1F. The molecule has 1 amide bonds. The van der Waals surface area contributed by atoms with Crippen LogP contribution in [0.25, 0.3) is 11.1 Å². The molecule has 9 heteroatoms. The molecular formula is C16H13FN4O2S2. The van der Waals surface area contributed by atoms with Gasteiger partial charge in [0.05, 0.1) is 11.4 Å². The zero-order valence-corrected chi connectivity index (χ0v) is 14.4. The number of aromatic nitrogens is 1. The number of hydrogen-bond donors (Lipinski definition) is 3. The Balaban J connectivity index is 1.44. The summed E-state index contributed by atoms with van der Waals surface area (Å²) in [6.45, 7) is 0. The molecular weight excluding hydrogens is 363 g/mol. The largest absolute Gasteiger partial charge is 0.431 e. The minimum Gasteiger partial charge on any atom is -0.431 e. The van der Waals surface area contributed by atoms with Gasteiger partial charge in [0, 0.05) is 0 Å². The van der Waals surface area contributed by atoms with Gasteiger partial charge in [0.25, 0.3) is 5.22 Å². The van der Waals surface area contributed by atoms with Crippen LogP contribution in [0.2, 0.25) is 0 Å². The fourth-order valence-electron chi connectivity index (χ4n) is 1.92. The third kappa shape index (κ3) is 4.68. The molecule has 0 saturated carbocycles. The quantitative estimate of drug-likeness (QED) is 0.367. The molecule has 0 saturated heterocycles. The summed E-state index contributed by atoms with van der Waals surface area (Å²) in [5.41, 5.74) is 6.55. The highest BCUT2D eigenvalue weighted by Crippen LogP contribution is 2.22. The predicted molar refractivity (Wildman–Crippen MR) is 98.6 cm³/mol. The van der Waals surface area contributed by atoms with Gasteiger partial charge in [-0.15, -0.1) is 0 Å². The monoisotopic (exact) mass is 376 g/mol. The number of thioether (sulfide) groups is 1. The van der Waals surface area contributed by atoms with E-state index in [-0.39, 0.29) is 22.5 Å². The maximum atomic E-state index is 13.5. The Morgan fingerprint density at radius 3 is 2.72 bits per heavy atom. The van der Waals surface area contributed by atoms with Crippen molar-refractivity contribution in [3.63, 3.8) is 0 Å². The number of fused-ring (bicyclic) bond motifs is 1. The zero-order chi connectivity index (χ0) is 17.6. The third-order valence-electron chi connectivity index (χ3n) is 3.04. The molecule has 6 nitrogen and oxygen atoms in total. The van der Waals surface area contributed by atoms with Crippen LogP contribution in [0.5, 0.6) is 0 Å². The lowest BCUT2D eigenvalue weighted by Gasteiger charge is -2.11. The molecule has 0 unspecified atom stereocenters. The highest BCUT2D eigenvalue weighted by atomic mass is 32.2. The number of para-hydroxylation sites is 3. The summed E-state index contributed by atoms with van der Waals surface area (Å²) in [6, 6.07) is 13.4. The van der Waals surface area contributed by atoms with Crippen LogP contribution in [0, 0.1) is 5.82 Å². The molecule has 1 aromatic heterocycles.